The first-order valence-electron chi connectivity index (χ1n) is 20.0. The summed E-state index contributed by atoms with van der Waals surface area (Å²) >= 11 is 0. The molecule has 2 fully saturated rings. The van der Waals surface area contributed by atoms with Gasteiger partial charge in [0.25, 0.3) is 0 Å². The second-order valence-corrected chi connectivity index (χ2v) is 15.5. The van der Waals surface area contributed by atoms with Crippen LogP contribution in [0.3, 0.4) is 0 Å². The highest BCUT2D eigenvalue weighted by Gasteiger charge is 2.39. The molecular formula is C37H59N9O15. The molecular weight excluding hydrogens is 810 g/mol. The van der Waals surface area contributed by atoms with E-state index in [0.717, 1.165) is 4.90 Å². The quantitative estimate of drug-likeness (QED) is 0.0437. The third-order valence-electron chi connectivity index (χ3n) is 9.95. The molecule has 2 saturated heterocycles. The highest BCUT2D eigenvalue weighted by molar-refractivity contribution is 5.97. The number of rotatable bonds is 24. The fourth-order valence-corrected chi connectivity index (χ4v) is 6.75. The van der Waals surface area contributed by atoms with E-state index in [1.54, 1.807) is 13.8 Å². The van der Waals surface area contributed by atoms with Crippen molar-refractivity contribution in [1.82, 2.24) is 41.7 Å². The van der Waals surface area contributed by atoms with Gasteiger partial charge in [0.05, 0.1) is 25.2 Å². The van der Waals surface area contributed by atoms with E-state index in [1.807, 2.05) is 0 Å². The van der Waals surface area contributed by atoms with Crippen molar-refractivity contribution < 1.29 is 73.2 Å². The van der Waals surface area contributed by atoms with E-state index < -0.39 is 133 Å². The first-order valence-corrected chi connectivity index (χ1v) is 20.0. The van der Waals surface area contributed by atoms with E-state index in [9.17, 15) is 68.1 Å². The van der Waals surface area contributed by atoms with Crippen molar-refractivity contribution in [3.05, 3.63) is 0 Å². The van der Waals surface area contributed by atoms with Gasteiger partial charge < -0.3 is 67.9 Å². The van der Waals surface area contributed by atoms with Crippen molar-refractivity contribution in [3.63, 3.8) is 0 Å². The molecule has 61 heavy (non-hydrogen) atoms. The van der Waals surface area contributed by atoms with E-state index in [2.05, 4.69) is 31.9 Å². The number of aliphatic hydroxyl groups excluding tert-OH is 1. The number of amides is 8. The van der Waals surface area contributed by atoms with Crippen LogP contribution in [-0.4, -0.2) is 170 Å². The van der Waals surface area contributed by atoms with Crippen molar-refractivity contribution in [1.29, 1.82) is 0 Å². The molecule has 8 atom stereocenters. The summed E-state index contributed by atoms with van der Waals surface area (Å²) in [6.45, 7) is 4.84. The largest absolute Gasteiger partial charge is 0.481 e. The molecule has 0 saturated carbocycles. The summed E-state index contributed by atoms with van der Waals surface area (Å²) in [4.78, 5) is 140. The first-order chi connectivity index (χ1) is 28.5. The monoisotopic (exact) mass is 869 g/mol. The van der Waals surface area contributed by atoms with Gasteiger partial charge in [-0.3, -0.25) is 47.9 Å². The van der Waals surface area contributed by atoms with Crippen molar-refractivity contribution in [2.24, 2.45) is 11.7 Å². The number of carboxylic acid groups (broad SMARTS) is 3. The highest BCUT2D eigenvalue weighted by Crippen LogP contribution is 2.21. The minimum absolute atomic E-state index is 0.0509. The van der Waals surface area contributed by atoms with E-state index in [4.69, 9.17) is 10.8 Å². The molecule has 2 rings (SSSR count). The molecule has 0 aromatic heterocycles. The Bertz CT molecular complexity index is 1660. The molecule has 0 aromatic carbocycles. The van der Waals surface area contributed by atoms with Gasteiger partial charge in [-0.2, -0.15) is 0 Å². The standard InChI is InChI=1S/C37H59N9O15/c1-18(2)15-23(32(55)42-22(10-12-29(52)53)36(59)46-14-6-8-25(46)37(60)61)43-31(54)19(3)41-26(48)16-40-34(57)30(20(4)47)44-27(49)17-39-33(56)24-7-5-13-45(24)35(58)21(38)9-11-28(50)51/h18-25,30,47H,5-17,38H2,1-4H3,(H,39,56)(H,40,57)(H,41,48)(H,42,55)(H,43,54)(H,44,49)(H,50,51)(H,52,53)(H,60,61). The molecule has 0 radical (unpaired) electrons. The maximum atomic E-state index is 13.5. The number of likely N-dealkylation sites (tertiary alicyclic amines) is 2. The predicted octanol–water partition coefficient (Wildman–Crippen LogP) is -4.27. The summed E-state index contributed by atoms with van der Waals surface area (Å²) in [6, 6.07) is -8.83. The van der Waals surface area contributed by atoms with Gasteiger partial charge in [-0.25, -0.2) is 4.79 Å². The number of hydrogen-bond acceptors (Lipinski definition) is 13. The first kappa shape index (κ1) is 51.2. The van der Waals surface area contributed by atoms with E-state index in [-0.39, 0.29) is 57.5 Å². The normalized spacial score (nSPS) is 19.0. The predicted molar refractivity (Wildman–Crippen MR) is 209 cm³/mol. The highest BCUT2D eigenvalue weighted by atomic mass is 16.4. The Morgan fingerprint density at radius 3 is 1.72 bits per heavy atom. The number of nitrogens with one attached hydrogen (secondary N) is 6. The minimum Gasteiger partial charge on any atom is -0.481 e. The Morgan fingerprint density at radius 1 is 0.639 bits per heavy atom. The van der Waals surface area contributed by atoms with Crippen molar-refractivity contribution in [2.75, 3.05) is 26.2 Å². The average molecular weight is 870 g/mol. The van der Waals surface area contributed by atoms with E-state index >= 15 is 0 Å². The third-order valence-corrected chi connectivity index (χ3v) is 9.95. The molecule has 2 aliphatic rings. The molecule has 12 N–H and O–H groups in total. The molecule has 0 bridgehead atoms. The number of aliphatic carboxylic acids is 3. The van der Waals surface area contributed by atoms with Crippen LogP contribution in [0, 0.1) is 5.92 Å². The number of aliphatic hydroxyl groups is 1. The Morgan fingerprint density at radius 2 is 1.16 bits per heavy atom. The van der Waals surface area contributed by atoms with Gasteiger partial charge >= 0.3 is 17.9 Å². The molecule has 24 nitrogen and oxygen atoms in total. The van der Waals surface area contributed by atoms with Crippen molar-refractivity contribution in [2.45, 2.75) is 134 Å². The number of carboxylic acids is 3. The Hall–Kier alpha value is -5.91. The number of nitrogens with two attached hydrogens (primary N) is 1. The molecule has 0 spiro atoms. The zero-order valence-electron chi connectivity index (χ0n) is 34.6. The zero-order chi connectivity index (χ0) is 46.1. The van der Waals surface area contributed by atoms with Gasteiger partial charge in [0.1, 0.15) is 36.3 Å². The lowest BCUT2D eigenvalue weighted by Crippen LogP contribution is -2.58. The number of carbonyl (C=O) groups excluding carboxylic acids is 8. The van der Waals surface area contributed by atoms with Crippen LogP contribution >= 0.6 is 0 Å². The Balaban J connectivity index is 1.95. The summed E-state index contributed by atoms with van der Waals surface area (Å²) in [5.41, 5.74) is 5.82. The van der Waals surface area contributed by atoms with Gasteiger partial charge in [-0.1, -0.05) is 13.8 Å². The maximum Gasteiger partial charge on any atom is 0.326 e. The van der Waals surface area contributed by atoms with Crippen LogP contribution in [0.15, 0.2) is 0 Å². The van der Waals surface area contributed by atoms with E-state index in [0.29, 0.717) is 12.8 Å². The lowest BCUT2D eigenvalue weighted by Gasteiger charge is -2.29. The number of nitrogens with zero attached hydrogens (tertiary/aromatic N) is 2. The molecule has 2 heterocycles. The average Bonchev–Trinajstić information content (AvgIpc) is 3.89. The minimum atomic E-state index is -1.60. The van der Waals surface area contributed by atoms with Gasteiger partial charge in [0, 0.05) is 25.9 Å². The van der Waals surface area contributed by atoms with Gasteiger partial charge in [0.2, 0.25) is 47.3 Å². The van der Waals surface area contributed by atoms with Crippen molar-refractivity contribution in [3.8, 4) is 0 Å². The molecule has 0 aromatic rings. The Kier molecular flexibility index (Phi) is 20.5. The summed E-state index contributed by atoms with van der Waals surface area (Å²) in [6.07, 6.45) is -1.49. The fraction of sp³-hybridized carbons (Fsp3) is 0.703. The summed E-state index contributed by atoms with van der Waals surface area (Å²) in [7, 11) is 0. The Labute approximate surface area is 351 Å². The van der Waals surface area contributed by atoms with Crippen LogP contribution in [0.5, 0.6) is 0 Å². The second kappa shape index (κ2) is 24.4. The van der Waals surface area contributed by atoms with Crippen molar-refractivity contribution >= 4 is 65.2 Å². The van der Waals surface area contributed by atoms with Crippen LogP contribution in [0.25, 0.3) is 0 Å². The lowest BCUT2D eigenvalue weighted by molar-refractivity contribution is -0.150. The molecule has 8 unspecified atom stereocenters. The van der Waals surface area contributed by atoms with E-state index in [1.165, 1.54) is 18.7 Å². The van der Waals surface area contributed by atoms with Crippen LogP contribution in [0.2, 0.25) is 0 Å². The SMILES string of the molecule is CC(C)CC(NC(=O)C(C)NC(=O)CNC(=O)C(NC(=O)CNC(=O)C1CCCN1C(=O)C(N)CCC(=O)O)C(C)O)C(=O)NC(CCC(=O)O)C(=O)N1CCCC1C(=O)O. The summed E-state index contributed by atoms with van der Waals surface area (Å²) in [5.74, 6) is -10.4. The molecule has 8 amide bonds. The van der Waals surface area contributed by atoms with Crippen LogP contribution in [0.1, 0.15) is 85.5 Å². The lowest BCUT2D eigenvalue weighted by atomic mass is 10.0. The summed E-state index contributed by atoms with van der Waals surface area (Å²) in [5, 5.41) is 51.9. The van der Waals surface area contributed by atoms with Crippen LogP contribution in [0.4, 0.5) is 0 Å². The fourth-order valence-electron chi connectivity index (χ4n) is 6.75. The van der Waals surface area contributed by atoms with Crippen LogP contribution in [-0.2, 0) is 52.7 Å². The second-order valence-electron chi connectivity index (χ2n) is 15.5. The zero-order valence-corrected chi connectivity index (χ0v) is 34.6. The number of hydrogen-bond donors (Lipinski definition) is 11. The maximum absolute atomic E-state index is 13.5. The molecule has 24 heteroatoms. The number of carbonyl (C=O) groups is 11. The van der Waals surface area contributed by atoms with Gasteiger partial charge in [0.15, 0.2) is 0 Å². The molecule has 2 aliphatic heterocycles. The third kappa shape index (κ3) is 16.6. The summed E-state index contributed by atoms with van der Waals surface area (Å²) < 4.78 is 0. The molecule has 342 valence electrons. The van der Waals surface area contributed by atoms with Crippen LogP contribution < -0.4 is 37.6 Å². The van der Waals surface area contributed by atoms with Gasteiger partial charge in [-0.05, 0) is 64.7 Å². The smallest absolute Gasteiger partial charge is 0.326 e. The molecule has 0 aliphatic carbocycles. The topological polar surface area (TPSA) is 373 Å². The van der Waals surface area contributed by atoms with Gasteiger partial charge in [-0.15, -0.1) is 0 Å².